The summed E-state index contributed by atoms with van der Waals surface area (Å²) in [5.74, 6) is -1.44. The quantitative estimate of drug-likeness (QED) is 0.675. The Bertz CT molecular complexity index is 589. The Morgan fingerprint density at radius 2 is 2.25 bits per heavy atom. The van der Waals surface area contributed by atoms with Gasteiger partial charge in [-0.2, -0.15) is 0 Å². The molecule has 1 amide bonds. The Morgan fingerprint density at radius 1 is 1.55 bits per heavy atom. The first kappa shape index (κ1) is 14.3. The van der Waals surface area contributed by atoms with Gasteiger partial charge in [0.25, 0.3) is 5.69 Å². The molecule has 1 atom stereocenters. The van der Waals surface area contributed by atoms with Crippen molar-refractivity contribution < 1.29 is 19.6 Å². The zero-order valence-corrected chi connectivity index (χ0v) is 11.0. The van der Waals surface area contributed by atoms with E-state index in [1.807, 2.05) is 0 Å². The van der Waals surface area contributed by atoms with Gasteiger partial charge in [-0.25, -0.2) is 4.79 Å². The van der Waals surface area contributed by atoms with Gasteiger partial charge in [-0.3, -0.25) is 14.9 Å². The third-order valence-electron chi connectivity index (χ3n) is 3.19. The smallest absolute Gasteiger partial charge is 0.326 e. The maximum Gasteiger partial charge on any atom is 0.326 e. The van der Waals surface area contributed by atoms with Gasteiger partial charge in [0.05, 0.1) is 17.0 Å². The van der Waals surface area contributed by atoms with Gasteiger partial charge in [0.2, 0.25) is 5.91 Å². The van der Waals surface area contributed by atoms with Crippen LogP contribution in [0.2, 0.25) is 5.02 Å². The van der Waals surface area contributed by atoms with Crippen molar-refractivity contribution >= 4 is 29.2 Å². The number of nitrogens with zero attached hydrogens (tertiary/aromatic N) is 2. The van der Waals surface area contributed by atoms with Crippen LogP contribution in [0.4, 0.5) is 5.69 Å². The molecule has 7 nitrogen and oxygen atoms in total. The van der Waals surface area contributed by atoms with Gasteiger partial charge in [0.15, 0.2) is 0 Å². The first-order chi connectivity index (χ1) is 9.40. The number of benzene rings is 1. The van der Waals surface area contributed by atoms with Gasteiger partial charge in [0.1, 0.15) is 6.04 Å². The molecule has 1 saturated heterocycles. The molecule has 0 aliphatic carbocycles. The number of halogens is 1. The average molecular weight is 299 g/mol. The second-order valence-corrected chi connectivity index (χ2v) is 4.88. The molecule has 1 aliphatic heterocycles. The van der Waals surface area contributed by atoms with Crippen LogP contribution in [0, 0.1) is 10.1 Å². The van der Waals surface area contributed by atoms with E-state index in [4.69, 9.17) is 16.7 Å². The fourth-order valence-electron chi connectivity index (χ4n) is 2.23. The highest BCUT2D eigenvalue weighted by atomic mass is 35.5. The fourth-order valence-corrected chi connectivity index (χ4v) is 2.43. The normalized spacial score (nSPS) is 18.4. The molecule has 1 fully saturated rings. The van der Waals surface area contributed by atoms with Crippen LogP contribution in [0.1, 0.15) is 18.4 Å². The molecule has 0 spiro atoms. The molecule has 2 rings (SSSR count). The molecule has 1 unspecified atom stereocenters. The van der Waals surface area contributed by atoms with Crippen LogP contribution >= 0.6 is 11.6 Å². The summed E-state index contributed by atoms with van der Waals surface area (Å²) in [4.78, 5) is 34.3. The summed E-state index contributed by atoms with van der Waals surface area (Å²) in [6, 6.07) is 3.06. The van der Waals surface area contributed by atoms with Crippen molar-refractivity contribution in [2.45, 2.75) is 25.4 Å². The van der Waals surface area contributed by atoms with Crippen LogP contribution in [0.3, 0.4) is 0 Å². The lowest BCUT2D eigenvalue weighted by molar-refractivity contribution is -0.385. The number of carboxylic acids is 1. The van der Waals surface area contributed by atoms with Crippen molar-refractivity contribution in [2.75, 3.05) is 0 Å². The highest BCUT2D eigenvalue weighted by Crippen LogP contribution is 2.28. The Hall–Kier alpha value is -2.15. The highest BCUT2D eigenvalue weighted by molar-refractivity contribution is 6.30. The van der Waals surface area contributed by atoms with Crippen molar-refractivity contribution in [3.05, 3.63) is 38.9 Å². The molecule has 1 heterocycles. The number of nitro benzene ring substituents is 1. The third-order valence-corrected chi connectivity index (χ3v) is 3.43. The molecule has 1 N–H and O–H groups in total. The molecule has 106 valence electrons. The second kappa shape index (κ2) is 5.46. The lowest BCUT2D eigenvalue weighted by Gasteiger charge is -2.21. The lowest BCUT2D eigenvalue weighted by atomic mass is 10.1. The summed E-state index contributed by atoms with van der Waals surface area (Å²) in [7, 11) is 0. The molecule has 1 aliphatic rings. The highest BCUT2D eigenvalue weighted by Gasteiger charge is 2.36. The van der Waals surface area contributed by atoms with Gasteiger partial charge < -0.3 is 10.0 Å². The van der Waals surface area contributed by atoms with Crippen LogP contribution in [-0.4, -0.2) is 32.8 Å². The largest absolute Gasteiger partial charge is 0.480 e. The maximum absolute atomic E-state index is 11.7. The van der Waals surface area contributed by atoms with Crippen molar-refractivity contribution in [3.63, 3.8) is 0 Å². The predicted octanol–water partition coefficient (Wildman–Crippen LogP) is 1.82. The van der Waals surface area contributed by atoms with Gasteiger partial charge in [-0.15, -0.1) is 0 Å². The molecule has 0 saturated carbocycles. The standard InChI is InChI=1S/C12H11ClN2O5/c13-8-1-2-9(15(19)20)7(5-8)6-14-10(12(17)18)3-4-11(14)16/h1-2,5,10H,3-4,6H2,(H,17,18). The molecule has 1 aromatic rings. The van der Waals surface area contributed by atoms with Gasteiger partial charge in [-0.1, -0.05) is 11.6 Å². The number of likely N-dealkylation sites (tertiary alicyclic amines) is 1. The molecular formula is C12H11ClN2O5. The molecule has 0 bridgehead atoms. The van der Waals surface area contributed by atoms with Crippen LogP contribution in [0.5, 0.6) is 0 Å². The molecular weight excluding hydrogens is 288 g/mol. The zero-order valence-electron chi connectivity index (χ0n) is 10.3. The number of carbonyl (C=O) groups is 2. The van der Waals surface area contributed by atoms with Crippen molar-refractivity contribution in [1.29, 1.82) is 0 Å². The van der Waals surface area contributed by atoms with Crippen molar-refractivity contribution in [1.82, 2.24) is 4.90 Å². The number of carbonyl (C=O) groups excluding carboxylic acids is 1. The van der Waals surface area contributed by atoms with Crippen molar-refractivity contribution in [2.24, 2.45) is 0 Å². The minimum Gasteiger partial charge on any atom is -0.480 e. The van der Waals surface area contributed by atoms with E-state index >= 15 is 0 Å². The Labute approximate surface area is 118 Å². The van der Waals surface area contributed by atoms with Gasteiger partial charge >= 0.3 is 5.97 Å². The third kappa shape index (κ3) is 2.72. The molecule has 1 aromatic carbocycles. The van der Waals surface area contributed by atoms with Crippen LogP contribution in [-0.2, 0) is 16.1 Å². The topological polar surface area (TPSA) is 101 Å². The van der Waals surface area contributed by atoms with Crippen LogP contribution < -0.4 is 0 Å². The van der Waals surface area contributed by atoms with E-state index in [1.165, 1.54) is 18.2 Å². The number of hydrogen-bond donors (Lipinski definition) is 1. The lowest BCUT2D eigenvalue weighted by Crippen LogP contribution is -2.38. The number of nitro groups is 1. The van der Waals surface area contributed by atoms with E-state index in [-0.39, 0.29) is 36.5 Å². The van der Waals surface area contributed by atoms with Crippen molar-refractivity contribution in [3.8, 4) is 0 Å². The number of carboxylic acid groups (broad SMARTS) is 1. The van der Waals surface area contributed by atoms with Crippen LogP contribution in [0.25, 0.3) is 0 Å². The Morgan fingerprint density at radius 3 is 2.85 bits per heavy atom. The summed E-state index contributed by atoms with van der Waals surface area (Å²) < 4.78 is 0. The monoisotopic (exact) mass is 298 g/mol. The number of rotatable bonds is 4. The first-order valence-corrected chi connectivity index (χ1v) is 6.23. The predicted molar refractivity (Wildman–Crippen MR) is 69.3 cm³/mol. The Kier molecular flexibility index (Phi) is 3.89. The minimum atomic E-state index is -1.11. The first-order valence-electron chi connectivity index (χ1n) is 5.85. The summed E-state index contributed by atoms with van der Waals surface area (Å²) in [6.45, 7) is -0.132. The van der Waals surface area contributed by atoms with Gasteiger partial charge in [0, 0.05) is 17.5 Å². The summed E-state index contributed by atoms with van der Waals surface area (Å²) in [5.41, 5.74) is 0.0437. The molecule has 8 heteroatoms. The number of amides is 1. The van der Waals surface area contributed by atoms with E-state index in [0.29, 0.717) is 5.02 Å². The molecule has 0 aromatic heterocycles. The second-order valence-electron chi connectivity index (χ2n) is 4.44. The summed E-state index contributed by atoms with van der Waals surface area (Å²) in [5, 5.41) is 20.3. The number of aliphatic carboxylic acids is 1. The zero-order chi connectivity index (χ0) is 14.9. The molecule has 20 heavy (non-hydrogen) atoms. The van der Waals surface area contributed by atoms with Gasteiger partial charge in [-0.05, 0) is 18.6 Å². The fraction of sp³-hybridized carbons (Fsp3) is 0.333. The summed E-state index contributed by atoms with van der Waals surface area (Å²) >= 11 is 5.80. The van der Waals surface area contributed by atoms with E-state index < -0.39 is 16.9 Å². The summed E-state index contributed by atoms with van der Waals surface area (Å²) in [6.07, 6.45) is 0.341. The Balaban J connectivity index is 2.33. The minimum absolute atomic E-state index is 0.130. The number of hydrogen-bond acceptors (Lipinski definition) is 4. The van der Waals surface area contributed by atoms with E-state index in [1.54, 1.807) is 0 Å². The van der Waals surface area contributed by atoms with E-state index in [0.717, 1.165) is 4.90 Å². The average Bonchev–Trinajstić information content (AvgIpc) is 2.71. The maximum atomic E-state index is 11.7. The molecule has 0 radical (unpaired) electrons. The SMILES string of the molecule is O=C(O)C1CCC(=O)N1Cc1cc(Cl)ccc1[N+](=O)[O-]. The van der Waals surface area contributed by atoms with E-state index in [2.05, 4.69) is 0 Å². The van der Waals surface area contributed by atoms with Crippen LogP contribution in [0.15, 0.2) is 18.2 Å². The van der Waals surface area contributed by atoms with E-state index in [9.17, 15) is 19.7 Å².